The molecule has 3 aromatic carbocycles. The molecule has 4 atom stereocenters. The molecule has 5 rings (SSSR count). The largest absolute Gasteiger partial charge is 0.497 e. The van der Waals surface area contributed by atoms with Crippen molar-refractivity contribution in [2.45, 2.75) is 57.0 Å². The number of hydrogen-bond acceptors (Lipinski definition) is 5. The van der Waals surface area contributed by atoms with E-state index in [0.29, 0.717) is 12.8 Å². The zero-order valence-electron chi connectivity index (χ0n) is 23.5. The Labute approximate surface area is 232 Å². The van der Waals surface area contributed by atoms with Crippen LogP contribution < -0.4 is 19.6 Å². The lowest BCUT2D eigenvalue weighted by molar-refractivity contribution is -0.118. The standard InChI is InChI=1S/C32H39NO5Si/c1-21-31(37-3)26-20-23(33-27-9-7-6-8-22(27)10-17-30(33)35)11-16-28(26)38-32(21)29(18-19-34)39(4,5)25-14-12-24(36-2)13-15-25/h6-9,11-16,20-21,29,31-32,34H,10,17-19H2,1-5H3/t21-,29?,31-,32-/m0/s1. The van der Waals surface area contributed by atoms with Gasteiger partial charge in [-0.25, -0.2) is 0 Å². The van der Waals surface area contributed by atoms with E-state index in [1.54, 1.807) is 14.2 Å². The van der Waals surface area contributed by atoms with Crippen molar-refractivity contribution < 1.29 is 24.1 Å². The van der Waals surface area contributed by atoms with Gasteiger partial charge in [-0.2, -0.15) is 0 Å². The van der Waals surface area contributed by atoms with Crippen molar-refractivity contribution in [1.82, 2.24) is 0 Å². The fourth-order valence-electron chi connectivity index (χ4n) is 6.52. The Morgan fingerprint density at radius 2 is 1.79 bits per heavy atom. The van der Waals surface area contributed by atoms with E-state index in [0.717, 1.165) is 34.9 Å². The van der Waals surface area contributed by atoms with Crippen LogP contribution in [0.2, 0.25) is 18.6 Å². The summed E-state index contributed by atoms with van der Waals surface area (Å²) >= 11 is 0. The third kappa shape index (κ3) is 4.99. The number of rotatable bonds is 8. The summed E-state index contributed by atoms with van der Waals surface area (Å²) in [4.78, 5) is 14.9. The van der Waals surface area contributed by atoms with Crippen molar-refractivity contribution in [2.24, 2.45) is 5.92 Å². The predicted octanol–water partition coefficient (Wildman–Crippen LogP) is 5.76. The quantitative estimate of drug-likeness (QED) is 0.365. The molecule has 1 unspecified atom stereocenters. The number of anilines is 2. The number of hydrogen-bond donors (Lipinski definition) is 1. The number of para-hydroxylation sites is 1. The topological polar surface area (TPSA) is 68.2 Å². The number of ether oxygens (including phenoxy) is 3. The van der Waals surface area contributed by atoms with Gasteiger partial charge >= 0.3 is 0 Å². The highest BCUT2D eigenvalue weighted by molar-refractivity contribution is 6.91. The van der Waals surface area contributed by atoms with Crippen molar-refractivity contribution in [3.63, 3.8) is 0 Å². The number of aliphatic hydroxyl groups is 1. The molecule has 39 heavy (non-hydrogen) atoms. The molecule has 0 spiro atoms. The number of amides is 1. The van der Waals surface area contributed by atoms with E-state index in [9.17, 15) is 9.90 Å². The van der Waals surface area contributed by atoms with E-state index in [2.05, 4.69) is 44.3 Å². The van der Waals surface area contributed by atoms with Gasteiger partial charge in [-0.15, -0.1) is 0 Å². The minimum Gasteiger partial charge on any atom is -0.497 e. The predicted molar refractivity (Wildman–Crippen MR) is 157 cm³/mol. The van der Waals surface area contributed by atoms with Gasteiger partial charge in [0.15, 0.2) is 0 Å². The summed E-state index contributed by atoms with van der Waals surface area (Å²) < 4.78 is 18.3. The summed E-state index contributed by atoms with van der Waals surface area (Å²) in [6, 6.07) is 22.5. The van der Waals surface area contributed by atoms with Crippen LogP contribution in [0.25, 0.3) is 0 Å². The molecule has 6 nitrogen and oxygen atoms in total. The maximum absolute atomic E-state index is 13.1. The molecule has 0 aliphatic carbocycles. The Morgan fingerprint density at radius 1 is 1.05 bits per heavy atom. The Bertz CT molecular complexity index is 1320. The minimum atomic E-state index is -2.09. The number of fused-ring (bicyclic) bond motifs is 2. The summed E-state index contributed by atoms with van der Waals surface area (Å²) in [7, 11) is 1.33. The summed E-state index contributed by atoms with van der Waals surface area (Å²) in [6.07, 6.45) is 1.59. The lowest BCUT2D eigenvalue weighted by Crippen LogP contribution is -2.54. The van der Waals surface area contributed by atoms with Gasteiger partial charge in [0.2, 0.25) is 5.91 Å². The second-order valence-corrected chi connectivity index (χ2v) is 16.0. The highest BCUT2D eigenvalue weighted by Gasteiger charge is 2.47. The van der Waals surface area contributed by atoms with E-state index in [4.69, 9.17) is 14.2 Å². The average Bonchev–Trinajstić information content (AvgIpc) is 2.95. The van der Waals surface area contributed by atoms with Crippen molar-refractivity contribution in [3.05, 3.63) is 77.9 Å². The summed E-state index contributed by atoms with van der Waals surface area (Å²) in [5, 5.41) is 11.4. The Hall–Kier alpha value is -3.13. The Balaban J connectivity index is 1.51. The van der Waals surface area contributed by atoms with Crippen LogP contribution in [0.5, 0.6) is 11.5 Å². The second-order valence-electron chi connectivity index (χ2n) is 11.2. The van der Waals surface area contributed by atoms with E-state index < -0.39 is 8.07 Å². The first-order chi connectivity index (χ1) is 18.8. The molecule has 0 radical (unpaired) electrons. The van der Waals surface area contributed by atoms with Crippen LogP contribution >= 0.6 is 0 Å². The van der Waals surface area contributed by atoms with Crippen LogP contribution in [0.3, 0.4) is 0 Å². The maximum atomic E-state index is 13.1. The van der Waals surface area contributed by atoms with Crippen LogP contribution in [0.15, 0.2) is 66.7 Å². The van der Waals surface area contributed by atoms with Gasteiger partial charge < -0.3 is 19.3 Å². The molecule has 1 N–H and O–H groups in total. The zero-order valence-corrected chi connectivity index (χ0v) is 24.5. The maximum Gasteiger partial charge on any atom is 0.231 e. The van der Waals surface area contributed by atoms with E-state index >= 15 is 0 Å². The van der Waals surface area contributed by atoms with Crippen molar-refractivity contribution in [2.75, 3.05) is 25.7 Å². The molecular weight excluding hydrogens is 506 g/mol. The van der Waals surface area contributed by atoms with Crippen LogP contribution in [0, 0.1) is 5.92 Å². The number of carbonyl (C=O) groups is 1. The lowest BCUT2D eigenvalue weighted by Gasteiger charge is -2.46. The van der Waals surface area contributed by atoms with Crippen LogP contribution in [0.4, 0.5) is 11.4 Å². The minimum absolute atomic E-state index is 0.0451. The van der Waals surface area contributed by atoms with E-state index in [1.807, 2.05) is 47.4 Å². The zero-order chi connectivity index (χ0) is 27.7. The SMILES string of the molecule is COc1ccc([Si](C)(C)C(CCO)[C@H]2Oc3ccc(N4C(=O)CCc5ccccc54)cc3[C@@H](OC)[C@@H]2C)cc1. The number of nitrogens with zero attached hydrogens (tertiary/aromatic N) is 1. The first kappa shape index (κ1) is 27.4. The monoisotopic (exact) mass is 545 g/mol. The first-order valence-electron chi connectivity index (χ1n) is 13.8. The van der Waals surface area contributed by atoms with Crippen LogP contribution in [-0.2, 0) is 16.0 Å². The highest BCUT2D eigenvalue weighted by atomic mass is 28.3. The summed E-state index contributed by atoms with van der Waals surface area (Å²) in [6.45, 7) is 6.98. The fourth-order valence-corrected chi connectivity index (χ4v) is 10.0. The molecule has 1 amide bonds. The molecule has 206 valence electrons. The van der Waals surface area contributed by atoms with E-state index in [1.165, 1.54) is 10.8 Å². The Morgan fingerprint density at radius 3 is 2.49 bits per heavy atom. The van der Waals surface area contributed by atoms with Gasteiger partial charge in [0.1, 0.15) is 17.6 Å². The normalized spacial score (nSPS) is 21.5. The van der Waals surface area contributed by atoms with Gasteiger partial charge in [0.05, 0.1) is 27.0 Å². The van der Waals surface area contributed by atoms with Gasteiger partial charge in [-0.1, -0.05) is 55.5 Å². The molecule has 2 aliphatic heterocycles. The number of benzene rings is 3. The second kappa shape index (κ2) is 11.2. The van der Waals surface area contributed by atoms with Gasteiger partial charge in [-0.05, 0) is 60.3 Å². The molecule has 0 saturated carbocycles. The highest BCUT2D eigenvalue weighted by Crippen LogP contribution is 2.48. The summed E-state index contributed by atoms with van der Waals surface area (Å²) in [5.41, 5.74) is 4.08. The molecule has 2 aliphatic rings. The molecular formula is C32H39NO5Si. The smallest absolute Gasteiger partial charge is 0.231 e. The average molecular weight is 546 g/mol. The lowest BCUT2D eigenvalue weighted by atomic mass is 9.86. The third-order valence-electron chi connectivity index (χ3n) is 8.76. The fraction of sp³-hybridized carbons (Fsp3) is 0.406. The van der Waals surface area contributed by atoms with Crippen LogP contribution in [-0.4, -0.2) is 46.0 Å². The number of aliphatic hydroxyl groups excluding tert-OH is 1. The molecule has 0 aromatic heterocycles. The van der Waals surface area contributed by atoms with Crippen molar-refractivity contribution >= 4 is 30.5 Å². The third-order valence-corrected chi connectivity index (χ3v) is 13.1. The van der Waals surface area contributed by atoms with Gasteiger partial charge in [-0.3, -0.25) is 9.69 Å². The first-order valence-corrected chi connectivity index (χ1v) is 16.9. The van der Waals surface area contributed by atoms with Gasteiger partial charge in [0.25, 0.3) is 0 Å². The number of aryl methyl sites for hydroxylation is 1. The Kier molecular flexibility index (Phi) is 7.85. The van der Waals surface area contributed by atoms with Crippen molar-refractivity contribution in [1.29, 1.82) is 0 Å². The van der Waals surface area contributed by atoms with Gasteiger partial charge in [0, 0.05) is 37.3 Å². The van der Waals surface area contributed by atoms with Crippen molar-refractivity contribution in [3.8, 4) is 11.5 Å². The molecule has 0 fully saturated rings. The van der Waals surface area contributed by atoms with E-state index in [-0.39, 0.29) is 36.2 Å². The molecule has 7 heteroatoms. The molecule has 2 heterocycles. The molecule has 0 saturated heterocycles. The molecule has 0 bridgehead atoms. The number of methoxy groups -OCH3 is 2. The molecule has 3 aromatic rings. The number of carbonyl (C=O) groups excluding carboxylic acids is 1. The summed E-state index contributed by atoms with van der Waals surface area (Å²) in [5.74, 6) is 1.77. The van der Waals surface area contributed by atoms with Crippen LogP contribution in [0.1, 0.15) is 37.0 Å².